The summed E-state index contributed by atoms with van der Waals surface area (Å²) >= 11 is 0. The second-order valence-corrected chi connectivity index (χ2v) is 18.3. The van der Waals surface area contributed by atoms with Gasteiger partial charge in [-0.15, -0.1) is 0 Å². The maximum absolute atomic E-state index is 5.46. The van der Waals surface area contributed by atoms with Crippen LogP contribution in [0.15, 0.2) is 216 Å². The van der Waals surface area contributed by atoms with Crippen LogP contribution in [0.4, 0.5) is 11.4 Å². The van der Waals surface area contributed by atoms with Crippen molar-refractivity contribution in [3.05, 3.63) is 250 Å². The lowest BCUT2D eigenvalue weighted by molar-refractivity contribution is 0.670. The van der Waals surface area contributed by atoms with Gasteiger partial charge in [0.05, 0.1) is 11.0 Å². The number of hydrogen-bond donors (Lipinski definition) is 2. The Morgan fingerprint density at radius 1 is 0.559 bits per heavy atom. The van der Waals surface area contributed by atoms with Crippen LogP contribution in [0.1, 0.15) is 76.4 Å². The summed E-state index contributed by atoms with van der Waals surface area (Å²) in [6.45, 7) is 0. The number of anilines is 2. The van der Waals surface area contributed by atoms with Crippen molar-refractivity contribution in [1.82, 2.24) is 9.88 Å². The van der Waals surface area contributed by atoms with E-state index < -0.39 is 0 Å². The highest BCUT2D eigenvalue weighted by Crippen LogP contribution is 2.40. The van der Waals surface area contributed by atoms with E-state index in [1.165, 1.54) is 71.6 Å². The second kappa shape index (κ2) is 16.9. The van der Waals surface area contributed by atoms with Crippen molar-refractivity contribution in [2.24, 2.45) is 9.98 Å². The van der Waals surface area contributed by atoms with Gasteiger partial charge in [-0.05, 0) is 137 Å². The van der Waals surface area contributed by atoms with Gasteiger partial charge in [0.1, 0.15) is 12.0 Å². The predicted octanol–water partition coefficient (Wildman–Crippen LogP) is 15.3. The summed E-state index contributed by atoms with van der Waals surface area (Å²) in [5, 5.41) is 12.6. The van der Waals surface area contributed by atoms with Gasteiger partial charge in [0, 0.05) is 50.1 Å². The first-order chi connectivity index (χ1) is 33.7. The molecule has 0 saturated heterocycles. The Morgan fingerprint density at radius 3 is 2.22 bits per heavy atom. The molecular weight excluding hydrogens is 827 g/mol. The van der Waals surface area contributed by atoms with E-state index in [1.807, 2.05) is 0 Å². The molecule has 0 radical (unpaired) electrons. The lowest BCUT2D eigenvalue weighted by Gasteiger charge is -2.28. The Morgan fingerprint density at radius 2 is 1.29 bits per heavy atom. The number of aryl methyl sites for hydroxylation is 2. The topological polar surface area (TPSA) is 53.7 Å². The summed E-state index contributed by atoms with van der Waals surface area (Å²) < 4.78 is 2.43. The maximum atomic E-state index is 5.46. The molecule has 8 aromatic carbocycles. The maximum Gasteiger partial charge on any atom is 0.159 e. The molecule has 1 unspecified atom stereocenters. The zero-order valence-electron chi connectivity index (χ0n) is 37.8. The van der Waals surface area contributed by atoms with Gasteiger partial charge in [0.2, 0.25) is 0 Å². The average Bonchev–Trinajstić information content (AvgIpc) is 3.72. The second-order valence-electron chi connectivity index (χ2n) is 18.3. The van der Waals surface area contributed by atoms with Crippen LogP contribution in [0.3, 0.4) is 0 Å². The van der Waals surface area contributed by atoms with Crippen molar-refractivity contribution in [1.29, 1.82) is 0 Å². The molecular formula is C63H49N5. The number of benzene rings is 8. The highest BCUT2D eigenvalue weighted by atomic mass is 15.2. The number of allylic oxidation sites excluding steroid dienone is 4. The number of nitrogens with one attached hydrogen (secondary N) is 2. The number of nitrogens with zero attached hydrogens (tertiary/aromatic N) is 3. The molecule has 2 heterocycles. The van der Waals surface area contributed by atoms with Gasteiger partial charge in [0.25, 0.3) is 0 Å². The number of aliphatic imine (C=N–C) groups is 2. The quantitative estimate of drug-likeness (QED) is 0.160. The summed E-state index contributed by atoms with van der Waals surface area (Å²) in [5.74, 6) is 1.57. The van der Waals surface area contributed by atoms with Crippen LogP contribution in [-0.4, -0.2) is 16.2 Å². The van der Waals surface area contributed by atoms with Crippen molar-refractivity contribution in [3.8, 4) is 5.69 Å². The van der Waals surface area contributed by atoms with Crippen molar-refractivity contribution in [3.63, 3.8) is 0 Å². The Balaban J connectivity index is 0.938. The molecule has 0 saturated carbocycles. The van der Waals surface area contributed by atoms with E-state index in [1.54, 1.807) is 0 Å². The molecule has 0 bridgehead atoms. The van der Waals surface area contributed by atoms with E-state index in [2.05, 4.69) is 222 Å². The zero-order valence-corrected chi connectivity index (χ0v) is 37.8. The third-order valence-electron chi connectivity index (χ3n) is 14.2. The Bertz CT molecular complexity index is 3690. The summed E-state index contributed by atoms with van der Waals surface area (Å²) in [6.07, 6.45) is 17.3. The predicted molar refractivity (Wildman–Crippen MR) is 285 cm³/mol. The molecule has 68 heavy (non-hydrogen) atoms. The lowest BCUT2D eigenvalue weighted by atomic mass is 9.86. The van der Waals surface area contributed by atoms with E-state index in [4.69, 9.17) is 9.98 Å². The number of fused-ring (bicyclic) bond motifs is 6. The summed E-state index contributed by atoms with van der Waals surface area (Å²) in [6, 6.07) is 64.1. The minimum absolute atomic E-state index is 0.321. The molecule has 1 aliphatic heterocycles. The van der Waals surface area contributed by atoms with Gasteiger partial charge in [-0.2, -0.15) is 0 Å². The van der Waals surface area contributed by atoms with E-state index in [0.717, 1.165) is 89.4 Å². The van der Waals surface area contributed by atoms with Crippen LogP contribution in [-0.2, 0) is 12.8 Å². The fourth-order valence-electron chi connectivity index (χ4n) is 11.0. The molecule has 0 fully saturated rings. The van der Waals surface area contributed by atoms with Crippen LogP contribution < -0.4 is 10.6 Å². The molecule has 326 valence electrons. The van der Waals surface area contributed by atoms with E-state index in [-0.39, 0.29) is 6.17 Å². The van der Waals surface area contributed by atoms with Gasteiger partial charge in [-0.3, -0.25) is 0 Å². The fourth-order valence-corrected chi connectivity index (χ4v) is 11.0. The van der Waals surface area contributed by atoms with Gasteiger partial charge in [-0.1, -0.05) is 158 Å². The van der Waals surface area contributed by atoms with Crippen LogP contribution in [0.25, 0.3) is 55.5 Å². The Hall–Kier alpha value is -8.28. The highest BCUT2D eigenvalue weighted by Gasteiger charge is 2.27. The first kappa shape index (κ1) is 40.0. The van der Waals surface area contributed by atoms with Crippen LogP contribution in [0.5, 0.6) is 0 Å². The van der Waals surface area contributed by atoms with E-state index in [0.29, 0.717) is 0 Å². The van der Waals surface area contributed by atoms with Gasteiger partial charge < -0.3 is 15.2 Å². The van der Waals surface area contributed by atoms with Gasteiger partial charge in [0.15, 0.2) is 5.84 Å². The SMILES string of the molecule is C1=CC(C2=NC(c3cccc4c3C=CCC4)NC(c3cccc(-n4c5ccc(Nc6ccccc6C6=CCCc7ccccc76)cc5c5cc6ccccc6cc54)c3)=N2)=C(c2ccccc2)CC1. The molecule has 9 aromatic rings. The van der Waals surface area contributed by atoms with Crippen LogP contribution in [0, 0.1) is 0 Å². The van der Waals surface area contributed by atoms with Crippen molar-refractivity contribution in [2.75, 3.05) is 5.32 Å². The molecule has 5 heteroatoms. The monoisotopic (exact) mass is 875 g/mol. The first-order valence-electron chi connectivity index (χ1n) is 24.1. The number of para-hydroxylation sites is 1. The average molecular weight is 876 g/mol. The third kappa shape index (κ3) is 7.10. The summed E-state index contributed by atoms with van der Waals surface area (Å²) in [7, 11) is 0. The highest BCUT2D eigenvalue weighted by molar-refractivity contribution is 6.18. The van der Waals surface area contributed by atoms with Gasteiger partial charge >= 0.3 is 0 Å². The number of rotatable bonds is 8. The first-order valence-corrected chi connectivity index (χ1v) is 24.1. The molecule has 13 rings (SSSR count). The summed E-state index contributed by atoms with van der Waals surface area (Å²) in [4.78, 5) is 10.9. The lowest BCUT2D eigenvalue weighted by Crippen LogP contribution is -2.34. The van der Waals surface area contributed by atoms with Crippen molar-refractivity contribution >= 4 is 72.8 Å². The van der Waals surface area contributed by atoms with Crippen molar-refractivity contribution < 1.29 is 0 Å². The molecule has 3 aliphatic carbocycles. The molecule has 0 amide bonds. The Labute approximate surface area is 396 Å². The molecule has 4 aliphatic rings. The Kier molecular flexibility index (Phi) is 9.93. The molecule has 1 atom stereocenters. The normalized spacial score (nSPS) is 16.5. The smallest absolute Gasteiger partial charge is 0.159 e. The summed E-state index contributed by atoms with van der Waals surface area (Å²) in [5.41, 5.74) is 19.2. The van der Waals surface area contributed by atoms with Gasteiger partial charge in [-0.25, -0.2) is 9.98 Å². The van der Waals surface area contributed by atoms with E-state index >= 15 is 0 Å². The zero-order chi connectivity index (χ0) is 45.0. The van der Waals surface area contributed by atoms with Crippen molar-refractivity contribution in [2.45, 2.75) is 44.7 Å². The minimum Gasteiger partial charge on any atom is -0.355 e. The number of hydrogen-bond acceptors (Lipinski definition) is 4. The fraction of sp³-hybridized carbons (Fsp3) is 0.111. The standard InChI is InChI=1S/C63H49N5/c1-2-17-41(18-3-1)50-29-10-11-31-54(50)62-65-61(66-63(67-62)55-33-16-24-43-20-7-9-28-51(43)55)46-25-14-26-48(37-46)68-59-36-35-47(40-57(59)56-38-44-21-4-5-22-45(44)39-60(56)68)64-58-34-13-12-30-53(58)52-32-15-23-42-19-6-8-27-49(42)52/h1-6,8-9,11-14,16-19,21-22,24-28,30-40,63-64H,7,10,15,20,23,29H2,(H,65,66,67). The molecule has 1 aromatic heterocycles. The van der Waals surface area contributed by atoms with Crippen LogP contribution >= 0.6 is 0 Å². The largest absolute Gasteiger partial charge is 0.355 e. The van der Waals surface area contributed by atoms with Crippen LogP contribution in [0.2, 0.25) is 0 Å². The molecule has 0 spiro atoms. The van der Waals surface area contributed by atoms with E-state index in [9.17, 15) is 0 Å². The number of aromatic nitrogens is 1. The number of amidine groups is 2. The molecule has 5 nitrogen and oxygen atoms in total. The molecule has 2 N–H and O–H groups in total. The third-order valence-corrected chi connectivity index (χ3v) is 14.2. The minimum atomic E-state index is -0.321.